The second-order valence-corrected chi connectivity index (χ2v) is 9.19. The molecule has 4 rings (SSSR count). The molecule has 0 atom stereocenters. The highest BCUT2D eigenvalue weighted by atomic mass is 16.2. The molecule has 2 N–H and O–H groups in total. The quantitative estimate of drug-likeness (QED) is 0.370. The molecule has 0 saturated heterocycles. The lowest BCUT2D eigenvalue weighted by atomic mass is 10.0. The molecule has 0 aliphatic heterocycles. The van der Waals surface area contributed by atoms with Gasteiger partial charge >= 0.3 is 5.69 Å². The van der Waals surface area contributed by atoms with Crippen LogP contribution in [0.5, 0.6) is 0 Å². The van der Waals surface area contributed by atoms with E-state index in [9.17, 15) is 19.2 Å². The van der Waals surface area contributed by atoms with Crippen LogP contribution in [-0.4, -0.2) is 27.5 Å². The molecule has 1 aromatic heterocycles. The van der Waals surface area contributed by atoms with E-state index in [0.29, 0.717) is 30.1 Å². The minimum atomic E-state index is -0.716. The average molecular weight is 499 g/mol. The van der Waals surface area contributed by atoms with Crippen molar-refractivity contribution in [2.24, 2.45) is 0 Å². The van der Waals surface area contributed by atoms with Gasteiger partial charge in [0.15, 0.2) is 0 Å². The van der Waals surface area contributed by atoms with Gasteiger partial charge in [-0.2, -0.15) is 0 Å². The fourth-order valence-corrected chi connectivity index (χ4v) is 4.15. The van der Waals surface area contributed by atoms with Crippen LogP contribution in [0.4, 0.5) is 5.69 Å². The summed E-state index contributed by atoms with van der Waals surface area (Å²) in [7, 11) is 0. The molecule has 4 aromatic rings. The Morgan fingerprint density at radius 3 is 2.14 bits per heavy atom. The summed E-state index contributed by atoms with van der Waals surface area (Å²) < 4.78 is 2.11. The van der Waals surface area contributed by atoms with Crippen molar-refractivity contribution in [2.45, 2.75) is 39.3 Å². The molecule has 8 heteroatoms. The first-order chi connectivity index (χ1) is 17.8. The zero-order valence-corrected chi connectivity index (χ0v) is 20.9. The maximum atomic E-state index is 13.3. The van der Waals surface area contributed by atoms with Gasteiger partial charge in [0.05, 0.1) is 10.9 Å². The Morgan fingerprint density at radius 1 is 0.784 bits per heavy atom. The summed E-state index contributed by atoms with van der Waals surface area (Å²) >= 11 is 0. The number of nitrogens with one attached hydrogen (secondary N) is 2. The Hall–Kier alpha value is -4.46. The van der Waals surface area contributed by atoms with E-state index in [1.807, 2.05) is 54.6 Å². The molecule has 1 heterocycles. The maximum absolute atomic E-state index is 13.3. The number of para-hydroxylation sites is 1. The number of aromatic nitrogens is 2. The third-order valence-corrected chi connectivity index (χ3v) is 6.18. The average Bonchev–Trinajstić information content (AvgIpc) is 2.90. The van der Waals surface area contributed by atoms with Crippen molar-refractivity contribution in [1.29, 1.82) is 0 Å². The van der Waals surface area contributed by atoms with Gasteiger partial charge in [0.2, 0.25) is 11.8 Å². The van der Waals surface area contributed by atoms with Crippen LogP contribution in [-0.2, 0) is 29.1 Å². The molecule has 0 saturated carbocycles. The van der Waals surface area contributed by atoms with Crippen molar-refractivity contribution >= 4 is 28.4 Å². The van der Waals surface area contributed by atoms with E-state index >= 15 is 0 Å². The first-order valence-corrected chi connectivity index (χ1v) is 12.3. The number of rotatable bonds is 9. The number of amides is 2. The van der Waals surface area contributed by atoms with E-state index in [1.54, 1.807) is 24.3 Å². The molecular formula is C29H30N4O4. The van der Waals surface area contributed by atoms with E-state index in [4.69, 9.17) is 0 Å². The van der Waals surface area contributed by atoms with Crippen molar-refractivity contribution in [3.05, 3.63) is 111 Å². The topological polar surface area (TPSA) is 102 Å². The number of anilines is 1. The van der Waals surface area contributed by atoms with Gasteiger partial charge in [0, 0.05) is 12.2 Å². The Labute approximate surface area is 214 Å². The molecule has 3 aromatic carbocycles. The molecule has 0 bridgehead atoms. The molecule has 0 unspecified atom stereocenters. The van der Waals surface area contributed by atoms with Crippen LogP contribution in [0.15, 0.2) is 88.5 Å². The lowest BCUT2D eigenvalue weighted by molar-refractivity contribution is -0.121. The SMILES string of the molecule is CC(C)c1ccc(NC(=O)Cn2c(=O)n(CC(=O)NCCc3ccccc3)c(=O)c3ccccc32)cc1. The van der Waals surface area contributed by atoms with E-state index in [0.717, 1.165) is 15.7 Å². The van der Waals surface area contributed by atoms with Crippen LogP contribution in [0.25, 0.3) is 10.9 Å². The minimum Gasteiger partial charge on any atom is -0.354 e. The molecule has 37 heavy (non-hydrogen) atoms. The highest BCUT2D eigenvalue weighted by Crippen LogP contribution is 2.17. The van der Waals surface area contributed by atoms with E-state index in [1.165, 1.54) is 4.57 Å². The second kappa shape index (κ2) is 11.5. The zero-order valence-electron chi connectivity index (χ0n) is 20.9. The van der Waals surface area contributed by atoms with Gasteiger partial charge in [-0.25, -0.2) is 4.79 Å². The van der Waals surface area contributed by atoms with Gasteiger partial charge in [-0.1, -0.05) is 68.4 Å². The molecular weight excluding hydrogens is 468 g/mol. The van der Waals surface area contributed by atoms with Crippen LogP contribution in [0.2, 0.25) is 0 Å². The number of hydrogen-bond donors (Lipinski definition) is 2. The number of hydrogen-bond acceptors (Lipinski definition) is 4. The third kappa shape index (κ3) is 6.22. The van der Waals surface area contributed by atoms with E-state index in [-0.39, 0.29) is 11.9 Å². The molecule has 0 aliphatic carbocycles. The number of nitrogens with zero attached hydrogens (tertiary/aromatic N) is 2. The van der Waals surface area contributed by atoms with Crippen molar-refractivity contribution < 1.29 is 9.59 Å². The van der Waals surface area contributed by atoms with Crippen LogP contribution >= 0.6 is 0 Å². The van der Waals surface area contributed by atoms with Crippen molar-refractivity contribution in [2.75, 3.05) is 11.9 Å². The normalized spacial score (nSPS) is 11.0. The van der Waals surface area contributed by atoms with Crippen LogP contribution in [0.3, 0.4) is 0 Å². The standard InChI is InChI=1S/C29H30N4O4/c1-20(2)22-12-14-23(15-13-22)31-27(35)19-32-25-11-7-6-10-24(25)28(36)33(29(32)37)18-26(34)30-17-16-21-8-4-3-5-9-21/h3-15,20H,16-19H2,1-2H3,(H,30,34)(H,31,35). The van der Waals surface area contributed by atoms with Crippen molar-refractivity contribution in [3.63, 3.8) is 0 Å². The van der Waals surface area contributed by atoms with Crippen molar-refractivity contribution in [1.82, 2.24) is 14.5 Å². The number of benzene rings is 3. The Bertz CT molecular complexity index is 1520. The summed E-state index contributed by atoms with van der Waals surface area (Å²) in [6, 6.07) is 23.8. The van der Waals surface area contributed by atoms with Gasteiger partial charge in [0.25, 0.3) is 5.56 Å². The maximum Gasteiger partial charge on any atom is 0.332 e. The van der Waals surface area contributed by atoms with Gasteiger partial charge in [0.1, 0.15) is 13.1 Å². The predicted octanol–water partition coefficient (Wildman–Crippen LogP) is 3.28. The Kier molecular flexibility index (Phi) is 7.98. The Morgan fingerprint density at radius 2 is 1.43 bits per heavy atom. The first-order valence-electron chi connectivity index (χ1n) is 12.3. The van der Waals surface area contributed by atoms with Gasteiger partial charge < -0.3 is 10.6 Å². The molecule has 190 valence electrons. The summed E-state index contributed by atoms with van der Waals surface area (Å²) in [6.45, 7) is 3.81. The monoisotopic (exact) mass is 498 g/mol. The summed E-state index contributed by atoms with van der Waals surface area (Å²) in [4.78, 5) is 51.8. The van der Waals surface area contributed by atoms with Crippen LogP contribution in [0, 0.1) is 0 Å². The summed E-state index contributed by atoms with van der Waals surface area (Å²) in [5, 5.41) is 5.82. The largest absolute Gasteiger partial charge is 0.354 e. The number of fused-ring (bicyclic) bond motifs is 1. The molecule has 2 amide bonds. The van der Waals surface area contributed by atoms with E-state index in [2.05, 4.69) is 24.5 Å². The highest BCUT2D eigenvalue weighted by molar-refractivity contribution is 5.91. The second-order valence-electron chi connectivity index (χ2n) is 9.19. The van der Waals surface area contributed by atoms with Crippen molar-refractivity contribution in [3.8, 4) is 0 Å². The Balaban J connectivity index is 1.53. The van der Waals surface area contributed by atoms with E-state index < -0.39 is 29.6 Å². The predicted molar refractivity (Wildman–Crippen MR) is 145 cm³/mol. The lowest BCUT2D eigenvalue weighted by Crippen LogP contribution is -2.45. The molecule has 8 nitrogen and oxygen atoms in total. The lowest BCUT2D eigenvalue weighted by Gasteiger charge is -2.14. The van der Waals surface area contributed by atoms with Gasteiger partial charge in [-0.3, -0.25) is 23.5 Å². The van der Waals surface area contributed by atoms with Crippen LogP contribution in [0.1, 0.15) is 30.9 Å². The summed E-state index contributed by atoms with van der Waals surface area (Å²) in [5.41, 5.74) is 1.88. The minimum absolute atomic E-state index is 0.258. The summed E-state index contributed by atoms with van der Waals surface area (Å²) in [5.74, 6) is -0.500. The molecule has 0 radical (unpaired) electrons. The number of carbonyl (C=O) groups excluding carboxylic acids is 2. The van der Waals surface area contributed by atoms with Gasteiger partial charge in [-0.15, -0.1) is 0 Å². The molecule has 0 spiro atoms. The zero-order chi connectivity index (χ0) is 26.4. The van der Waals surface area contributed by atoms with Crippen LogP contribution < -0.4 is 21.9 Å². The first kappa shape index (κ1) is 25.6. The fourth-order valence-electron chi connectivity index (χ4n) is 4.15. The third-order valence-electron chi connectivity index (χ3n) is 6.18. The van der Waals surface area contributed by atoms with Gasteiger partial charge in [-0.05, 0) is 47.7 Å². The molecule has 0 aliphatic rings. The highest BCUT2D eigenvalue weighted by Gasteiger charge is 2.17. The fraction of sp³-hybridized carbons (Fsp3) is 0.241. The number of carbonyl (C=O) groups is 2. The molecule has 0 fully saturated rings. The summed E-state index contributed by atoms with van der Waals surface area (Å²) in [6.07, 6.45) is 0.627. The smallest absolute Gasteiger partial charge is 0.332 e.